The van der Waals surface area contributed by atoms with Gasteiger partial charge in [-0.2, -0.15) is 0 Å². The smallest absolute Gasteiger partial charge is 0.216 e. The fraction of sp³-hybridized carbons (Fsp3) is 0.520. The molecule has 2 N–H and O–H groups in total. The van der Waals surface area contributed by atoms with Gasteiger partial charge in [0.2, 0.25) is 10.0 Å². The molecule has 6 heteroatoms. The summed E-state index contributed by atoms with van der Waals surface area (Å²) in [5.41, 5.74) is 1.88. The first-order valence-corrected chi connectivity index (χ1v) is 13.1. The van der Waals surface area contributed by atoms with Crippen LogP contribution in [0.4, 0.5) is 0 Å². The topological polar surface area (TPSA) is 67.4 Å². The van der Waals surface area contributed by atoms with Gasteiger partial charge in [0, 0.05) is 6.04 Å². The van der Waals surface area contributed by atoms with Crippen molar-refractivity contribution >= 4 is 10.0 Å². The number of rotatable bonds is 12. The van der Waals surface area contributed by atoms with Crippen LogP contribution in [0.5, 0.6) is 5.75 Å². The van der Waals surface area contributed by atoms with Crippen molar-refractivity contribution in [2.45, 2.75) is 57.2 Å². The second-order valence-electron chi connectivity index (χ2n) is 8.65. The molecule has 0 aromatic heterocycles. The fourth-order valence-electron chi connectivity index (χ4n) is 4.15. The molecule has 1 heterocycles. The van der Waals surface area contributed by atoms with E-state index in [9.17, 15) is 8.42 Å². The van der Waals surface area contributed by atoms with Gasteiger partial charge in [-0.15, -0.1) is 0 Å². The number of unbranched alkanes of at least 4 members (excludes halogenated alkanes) is 1. The molecule has 5 nitrogen and oxygen atoms in total. The molecule has 0 bridgehead atoms. The van der Waals surface area contributed by atoms with E-state index in [0.717, 1.165) is 35.8 Å². The number of benzene rings is 2. The number of piperidine rings is 1. The summed E-state index contributed by atoms with van der Waals surface area (Å²) in [5.74, 6) is 1.76. The third-order valence-electron chi connectivity index (χ3n) is 5.78. The molecule has 1 atom stereocenters. The van der Waals surface area contributed by atoms with Gasteiger partial charge in [-0.3, -0.25) is 0 Å². The summed E-state index contributed by atoms with van der Waals surface area (Å²) < 4.78 is 33.4. The Kier molecular flexibility index (Phi) is 9.37. The SMILES string of the molecule is CC(Cc1ccc(OCCCCC2CCNCC2)cc1)NS(=O)(=O)Cc1ccccc1. The number of hydrogen-bond donors (Lipinski definition) is 2. The summed E-state index contributed by atoms with van der Waals surface area (Å²) in [6.45, 7) is 4.98. The molecule has 1 unspecified atom stereocenters. The standard InChI is InChI=1S/C25H36N2O3S/c1-21(27-31(28,29)20-24-8-3-2-4-9-24)19-23-10-12-25(13-11-23)30-18-6-5-7-22-14-16-26-17-15-22/h2-4,8-13,21-22,26-27H,5-7,14-20H2,1H3. The molecule has 1 aliphatic heterocycles. The van der Waals surface area contributed by atoms with Crippen molar-refractivity contribution in [1.82, 2.24) is 10.0 Å². The van der Waals surface area contributed by atoms with Crippen molar-refractivity contribution in [2.24, 2.45) is 5.92 Å². The predicted octanol–water partition coefficient (Wildman–Crippen LogP) is 4.29. The molecule has 0 amide bonds. The lowest BCUT2D eigenvalue weighted by Crippen LogP contribution is -2.34. The third-order valence-corrected chi connectivity index (χ3v) is 7.25. The molecule has 2 aromatic rings. The zero-order chi connectivity index (χ0) is 21.9. The van der Waals surface area contributed by atoms with Gasteiger partial charge in [0.1, 0.15) is 5.75 Å². The van der Waals surface area contributed by atoms with Crippen LogP contribution in [0.3, 0.4) is 0 Å². The summed E-state index contributed by atoms with van der Waals surface area (Å²) in [5, 5.41) is 3.42. The van der Waals surface area contributed by atoms with Crippen molar-refractivity contribution in [3.05, 3.63) is 65.7 Å². The van der Waals surface area contributed by atoms with E-state index in [1.165, 1.54) is 38.8 Å². The van der Waals surface area contributed by atoms with Crippen LogP contribution >= 0.6 is 0 Å². The molecule has 1 aliphatic rings. The van der Waals surface area contributed by atoms with E-state index in [2.05, 4.69) is 10.0 Å². The van der Waals surface area contributed by atoms with E-state index >= 15 is 0 Å². The minimum Gasteiger partial charge on any atom is -0.494 e. The zero-order valence-electron chi connectivity index (χ0n) is 18.6. The van der Waals surface area contributed by atoms with Gasteiger partial charge in [-0.25, -0.2) is 13.1 Å². The Morgan fingerprint density at radius 2 is 1.71 bits per heavy atom. The first-order valence-electron chi connectivity index (χ1n) is 11.5. The average Bonchev–Trinajstić information content (AvgIpc) is 2.75. The van der Waals surface area contributed by atoms with Crippen LogP contribution in [0.1, 0.15) is 50.2 Å². The Bertz CT molecular complexity index is 863. The van der Waals surface area contributed by atoms with Crippen LogP contribution in [0.25, 0.3) is 0 Å². The van der Waals surface area contributed by atoms with E-state index in [4.69, 9.17) is 4.74 Å². The lowest BCUT2D eigenvalue weighted by Gasteiger charge is -2.22. The summed E-state index contributed by atoms with van der Waals surface area (Å²) in [4.78, 5) is 0. The minimum absolute atomic E-state index is 0.00257. The monoisotopic (exact) mass is 444 g/mol. The molecule has 0 saturated carbocycles. The molecule has 0 aliphatic carbocycles. The maximum atomic E-state index is 12.4. The van der Waals surface area contributed by atoms with Gasteiger partial charge in [-0.05, 0) is 81.3 Å². The van der Waals surface area contributed by atoms with E-state index in [0.29, 0.717) is 6.42 Å². The Morgan fingerprint density at radius 3 is 2.42 bits per heavy atom. The van der Waals surface area contributed by atoms with Crippen LogP contribution in [0.15, 0.2) is 54.6 Å². The van der Waals surface area contributed by atoms with Crippen LogP contribution in [0.2, 0.25) is 0 Å². The van der Waals surface area contributed by atoms with Crippen LogP contribution < -0.4 is 14.8 Å². The van der Waals surface area contributed by atoms with Crippen molar-refractivity contribution in [2.75, 3.05) is 19.7 Å². The molecular weight excluding hydrogens is 408 g/mol. The average molecular weight is 445 g/mol. The predicted molar refractivity (Wildman–Crippen MR) is 127 cm³/mol. The summed E-state index contributed by atoms with van der Waals surface area (Å²) in [7, 11) is -3.37. The zero-order valence-corrected chi connectivity index (χ0v) is 19.4. The molecule has 2 aromatic carbocycles. The second kappa shape index (κ2) is 12.2. The summed E-state index contributed by atoms with van der Waals surface area (Å²) in [6.07, 6.45) is 6.88. The number of nitrogens with one attached hydrogen (secondary N) is 2. The highest BCUT2D eigenvalue weighted by Crippen LogP contribution is 2.19. The highest BCUT2D eigenvalue weighted by molar-refractivity contribution is 7.88. The number of ether oxygens (including phenoxy) is 1. The van der Waals surface area contributed by atoms with Gasteiger partial charge < -0.3 is 10.1 Å². The lowest BCUT2D eigenvalue weighted by molar-refractivity contribution is 0.287. The Balaban J connectivity index is 1.35. The Labute approximate surface area is 187 Å². The number of sulfonamides is 1. The van der Waals surface area contributed by atoms with Crippen molar-refractivity contribution in [1.29, 1.82) is 0 Å². The van der Waals surface area contributed by atoms with Crippen molar-refractivity contribution in [3.63, 3.8) is 0 Å². The van der Waals surface area contributed by atoms with E-state index in [1.807, 2.05) is 61.5 Å². The first-order chi connectivity index (χ1) is 15.0. The van der Waals surface area contributed by atoms with Crippen LogP contribution in [0, 0.1) is 5.92 Å². The van der Waals surface area contributed by atoms with Gasteiger partial charge in [0.25, 0.3) is 0 Å². The van der Waals surface area contributed by atoms with Gasteiger partial charge in [0.15, 0.2) is 0 Å². The molecular formula is C25H36N2O3S. The molecule has 0 spiro atoms. The molecule has 31 heavy (non-hydrogen) atoms. The van der Waals surface area contributed by atoms with E-state index in [1.54, 1.807) is 0 Å². The fourth-order valence-corrected chi connectivity index (χ4v) is 5.57. The van der Waals surface area contributed by atoms with Crippen molar-refractivity contribution < 1.29 is 13.2 Å². The summed E-state index contributed by atoms with van der Waals surface area (Å²) in [6, 6.07) is 17.1. The first kappa shape index (κ1) is 23.8. The summed E-state index contributed by atoms with van der Waals surface area (Å²) >= 11 is 0. The second-order valence-corrected chi connectivity index (χ2v) is 10.4. The highest BCUT2D eigenvalue weighted by atomic mass is 32.2. The molecule has 3 rings (SSSR count). The van der Waals surface area contributed by atoms with E-state index < -0.39 is 10.0 Å². The van der Waals surface area contributed by atoms with Crippen LogP contribution in [-0.4, -0.2) is 34.2 Å². The van der Waals surface area contributed by atoms with E-state index in [-0.39, 0.29) is 11.8 Å². The van der Waals surface area contributed by atoms with Crippen LogP contribution in [-0.2, 0) is 22.2 Å². The number of hydrogen-bond acceptors (Lipinski definition) is 4. The molecule has 170 valence electrons. The largest absolute Gasteiger partial charge is 0.494 e. The third kappa shape index (κ3) is 9.01. The van der Waals surface area contributed by atoms with Crippen molar-refractivity contribution in [3.8, 4) is 5.75 Å². The molecule has 1 saturated heterocycles. The van der Waals surface area contributed by atoms with Gasteiger partial charge in [0.05, 0.1) is 12.4 Å². The maximum absolute atomic E-state index is 12.4. The quantitative estimate of drug-likeness (QED) is 0.480. The Hall–Kier alpha value is -1.89. The Morgan fingerprint density at radius 1 is 1.00 bits per heavy atom. The van der Waals surface area contributed by atoms with Gasteiger partial charge in [-0.1, -0.05) is 48.9 Å². The minimum atomic E-state index is -3.37. The molecule has 1 fully saturated rings. The lowest BCUT2D eigenvalue weighted by atomic mass is 9.93. The normalized spacial score (nSPS) is 16.2. The highest BCUT2D eigenvalue weighted by Gasteiger charge is 2.16. The molecule has 0 radical (unpaired) electrons. The van der Waals surface area contributed by atoms with Gasteiger partial charge >= 0.3 is 0 Å². The maximum Gasteiger partial charge on any atom is 0.216 e.